The minimum Gasteiger partial charge on any atom is -0.463 e. The molecule has 0 heterocycles. The zero-order chi connectivity index (χ0) is 20.9. The topological polar surface area (TPSA) is 59.0 Å². The van der Waals surface area contributed by atoms with Crippen molar-refractivity contribution in [2.75, 3.05) is 24.6 Å². The van der Waals surface area contributed by atoms with Crippen molar-refractivity contribution in [1.29, 1.82) is 0 Å². The average molecular weight is 383 g/mol. The van der Waals surface area contributed by atoms with Crippen molar-refractivity contribution in [1.82, 2.24) is 0 Å². The minimum atomic E-state index is -0.487. The number of anilines is 1. The Morgan fingerprint density at radius 3 is 2.46 bits per heavy atom. The van der Waals surface area contributed by atoms with Gasteiger partial charge in [-0.2, -0.15) is 0 Å². The van der Waals surface area contributed by atoms with Crippen LogP contribution in [0, 0.1) is 12.3 Å². The fourth-order valence-corrected chi connectivity index (χ4v) is 2.74. The van der Waals surface area contributed by atoms with E-state index < -0.39 is 5.41 Å². The van der Waals surface area contributed by atoms with Crippen molar-refractivity contribution in [3.05, 3.63) is 47.6 Å². The molecule has 0 spiro atoms. The van der Waals surface area contributed by atoms with E-state index in [2.05, 4.69) is 22.9 Å². The number of hydrogen-bond donors (Lipinski definition) is 0. The largest absolute Gasteiger partial charge is 0.463 e. The second-order valence-corrected chi connectivity index (χ2v) is 8.00. The number of aryl methyl sites for hydroxylation is 1. The van der Waals surface area contributed by atoms with Crippen molar-refractivity contribution < 1.29 is 14.3 Å². The molecule has 0 aromatic heterocycles. The number of esters is 1. The van der Waals surface area contributed by atoms with Crippen LogP contribution < -0.4 is 4.90 Å². The standard InChI is InChI=1S/C23H30N2O3/c1-7-25(12-13-28-22(27)23(4,5)6)19-9-10-20(16(2)15-19)24-18-8-11-21(26)17(3)14-18/h8-11,14-15H,7,12-13H2,1-6H3. The predicted octanol–water partition coefficient (Wildman–Crippen LogP) is 4.57. The van der Waals surface area contributed by atoms with Gasteiger partial charge in [-0.05, 0) is 89.1 Å². The summed E-state index contributed by atoms with van der Waals surface area (Å²) in [6.07, 6.45) is 5.10. The van der Waals surface area contributed by atoms with Crippen LogP contribution in [0.15, 0.2) is 47.0 Å². The summed E-state index contributed by atoms with van der Waals surface area (Å²) in [7, 11) is 0. The first-order valence-corrected chi connectivity index (χ1v) is 9.64. The number of ketones is 1. The number of carbonyl (C=O) groups is 2. The van der Waals surface area contributed by atoms with Crippen LogP contribution in [0.3, 0.4) is 0 Å². The highest BCUT2D eigenvalue weighted by atomic mass is 16.5. The van der Waals surface area contributed by atoms with Crippen LogP contribution >= 0.6 is 0 Å². The van der Waals surface area contributed by atoms with E-state index in [0.29, 0.717) is 18.7 Å². The Bertz CT molecular complexity index is 842. The van der Waals surface area contributed by atoms with Crippen molar-refractivity contribution in [3.8, 4) is 0 Å². The summed E-state index contributed by atoms with van der Waals surface area (Å²) < 4.78 is 5.39. The highest BCUT2D eigenvalue weighted by Crippen LogP contribution is 2.26. The summed E-state index contributed by atoms with van der Waals surface area (Å²) in [6.45, 7) is 13.3. The molecule has 0 unspecified atom stereocenters. The molecule has 0 amide bonds. The number of benzene rings is 1. The number of likely N-dealkylation sites (N-methyl/N-ethyl adjacent to an activating group) is 1. The van der Waals surface area contributed by atoms with E-state index >= 15 is 0 Å². The van der Waals surface area contributed by atoms with Gasteiger partial charge >= 0.3 is 5.97 Å². The molecule has 5 nitrogen and oxygen atoms in total. The first-order valence-electron chi connectivity index (χ1n) is 9.64. The molecule has 0 atom stereocenters. The third-order valence-corrected chi connectivity index (χ3v) is 4.54. The molecule has 0 fully saturated rings. The molecular weight excluding hydrogens is 352 g/mol. The maximum absolute atomic E-state index is 11.9. The lowest BCUT2D eigenvalue weighted by Gasteiger charge is -2.25. The Kier molecular flexibility index (Phi) is 6.95. The Labute approximate surface area is 167 Å². The summed E-state index contributed by atoms with van der Waals surface area (Å²) in [5, 5.41) is 0. The van der Waals surface area contributed by atoms with Gasteiger partial charge in [0.25, 0.3) is 0 Å². The highest BCUT2D eigenvalue weighted by Gasteiger charge is 2.23. The maximum Gasteiger partial charge on any atom is 0.311 e. The lowest BCUT2D eigenvalue weighted by Crippen LogP contribution is -2.30. The van der Waals surface area contributed by atoms with Gasteiger partial charge < -0.3 is 9.64 Å². The summed E-state index contributed by atoms with van der Waals surface area (Å²) in [5.41, 5.74) is 3.96. The molecule has 0 saturated carbocycles. The number of carbonyl (C=O) groups excluding carboxylic acids is 2. The van der Waals surface area contributed by atoms with Gasteiger partial charge in [-0.3, -0.25) is 9.59 Å². The summed E-state index contributed by atoms with van der Waals surface area (Å²) in [4.78, 5) is 30.3. The van der Waals surface area contributed by atoms with Gasteiger partial charge in [-0.1, -0.05) is 0 Å². The second-order valence-electron chi connectivity index (χ2n) is 8.00. The van der Waals surface area contributed by atoms with Gasteiger partial charge in [-0.25, -0.2) is 4.99 Å². The van der Waals surface area contributed by atoms with Crippen molar-refractivity contribution in [2.24, 2.45) is 10.4 Å². The van der Waals surface area contributed by atoms with Gasteiger partial charge in [0.15, 0.2) is 5.78 Å². The van der Waals surface area contributed by atoms with Gasteiger partial charge in [0.1, 0.15) is 6.61 Å². The maximum atomic E-state index is 11.9. The second kappa shape index (κ2) is 9.00. The quantitative estimate of drug-likeness (QED) is 0.534. The molecule has 0 N–H and O–H groups in total. The van der Waals surface area contributed by atoms with E-state index in [4.69, 9.17) is 4.74 Å². The van der Waals surface area contributed by atoms with Gasteiger partial charge in [0.2, 0.25) is 0 Å². The van der Waals surface area contributed by atoms with Crippen LogP contribution in [-0.2, 0) is 14.3 Å². The molecule has 0 aliphatic heterocycles. The molecule has 1 aliphatic carbocycles. The summed E-state index contributed by atoms with van der Waals surface area (Å²) in [6, 6.07) is 6.09. The number of rotatable bonds is 6. The van der Waals surface area contributed by atoms with Crippen LogP contribution in [0.4, 0.5) is 11.4 Å². The normalized spacial score (nSPS) is 15.6. The number of hydrogen-bond acceptors (Lipinski definition) is 5. The Hall–Kier alpha value is -2.69. The van der Waals surface area contributed by atoms with Gasteiger partial charge in [0, 0.05) is 12.2 Å². The number of ether oxygens (including phenoxy) is 1. The zero-order valence-electron chi connectivity index (χ0n) is 17.7. The van der Waals surface area contributed by atoms with Gasteiger partial charge in [0.05, 0.1) is 23.4 Å². The minimum absolute atomic E-state index is 0.0248. The van der Waals surface area contributed by atoms with E-state index in [1.807, 2.05) is 39.8 Å². The van der Waals surface area contributed by atoms with Crippen LogP contribution in [0.25, 0.3) is 0 Å². The highest BCUT2D eigenvalue weighted by molar-refractivity contribution is 6.19. The Balaban J connectivity index is 2.08. The SMILES string of the molecule is CCN(CCOC(=O)C(C)(C)C)c1ccc(N=C2C=CC(=O)C(C)=C2)c(C)c1. The molecule has 0 saturated heterocycles. The molecule has 2 rings (SSSR count). The van der Waals surface area contributed by atoms with Gasteiger partial charge in [-0.15, -0.1) is 0 Å². The molecule has 5 heteroatoms. The molecule has 1 aromatic rings. The average Bonchev–Trinajstić information content (AvgIpc) is 2.62. The van der Waals surface area contributed by atoms with Crippen LogP contribution in [0.1, 0.15) is 40.2 Å². The smallest absolute Gasteiger partial charge is 0.311 e. The van der Waals surface area contributed by atoms with Crippen LogP contribution in [0.5, 0.6) is 0 Å². The summed E-state index contributed by atoms with van der Waals surface area (Å²) >= 11 is 0. The third-order valence-electron chi connectivity index (χ3n) is 4.54. The first-order chi connectivity index (χ1) is 13.1. The molecule has 1 aliphatic rings. The Morgan fingerprint density at radius 2 is 1.89 bits per heavy atom. The van der Waals surface area contributed by atoms with Crippen molar-refractivity contribution >= 4 is 28.8 Å². The number of aliphatic imine (C=N–C) groups is 1. The zero-order valence-corrected chi connectivity index (χ0v) is 17.7. The molecule has 1 aromatic carbocycles. The first kappa shape index (κ1) is 21.6. The fourth-order valence-electron chi connectivity index (χ4n) is 2.74. The number of allylic oxidation sites excluding steroid dienone is 4. The fraction of sp³-hybridized carbons (Fsp3) is 0.435. The van der Waals surface area contributed by atoms with Crippen LogP contribution in [0.2, 0.25) is 0 Å². The van der Waals surface area contributed by atoms with E-state index in [1.165, 1.54) is 0 Å². The molecule has 28 heavy (non-hydrogen) atoms. The predicted molar refractivity (Wildman–Crippen MR) is 114 cm³/mol. The number of nitrogens with zero attached hydrogens (tertiary/aromatic N) is 2. The van der Waals surface area contributed by atoms with Crippen LogP contribution in [-0.4, -0.2) is 37.2 Å². The molecular formula is C23H30N2O3. The van der Waals surface area contributed by atoms with E-state index in [-0.39, 0.29) is 11.8 Å². The van der Waals surface area contributed by atoms with E-state index in [9.17, 15) is 9.59 Å². The molecule has 150 valence electrons. The van der Waals surface area contributed by atoms with E-state index in [1.54, 1.807) is 25.2 Å². The van der Waals surface area contributed by atoms with Crippen molar-refractivity contribution in [3.63, 3.8) is 0 Å². The van der Waals surface area contributed by atoms with E-state index in [0.717, 1.165) is 29.2 Å². The third kappa shape index (κ3) is 5.65. The Morgan fingerprint density at radius 1 is 1.18 bits per heavy atom. The van der Waals surface area contributed by atoms with Crippen molar-refractivity contribution in [2.45, 2.75) is 41.5 Å². The molecule has 0 radical (unpaired) electrons. The monoisotopic (exact) mass is 382 g/mol. The summed E-state index contributed by atoms with van der Waals surface area (Å²) in [5.74, 6) is -0.162. The molecule has 0 bridgehead atoms. The lowest BCUT2D eigenvalue weighted by atomic mass is 9.97. The lowest BCUT2D eigenvalue weighted by molar-refractivity contribution is -0.152.